The number of esters is 1. The first-order chi connectivity index (χ1) is 33.1. The van der Waals surface area contributed by atoms with E-state index in [0.717, 1.165) is 66.4 Å². The number of carbonyl (C=O) groups excluding carboxylic acids is 1. The van der Waals surface area contributed by atoms with Crippen molar-refractivity contribution < 1.29 is 19.4 Å². The van der Waals surface area contributed by atoms with E-state index in [1.54, 1.807) is 64.2 Å². The van der Waals surface area contributed by atoms with Gasteiger partial charge < -0.3 is 30.3 Å². The third kappa shape index (κ3) is 10.3. The molecule has 0 spiro atoms. The molecule has 2 saturated heterocycles. The number of hydrogen-bond donors (Lipinski definition) is 3. The van der Waals surface area contributed by atoms with Crippen molar-refractivity contribution in [3.8, 4) is 22.5 Å². The summed E-state index contributed by atoms with van der Waals surface area (Å²) in [5.74, 6) is 3.32. The van der Waals surface area contributed by atoms with Crippen LogP contribution in [0.15, 0.2) is 122 Å². The van der Waals surface area contributed by atoms with E-state index in [-0.39, 0.29) is 22.4 Å². The van der Waals surface area contributed by atoms with Gasteiger partial charge in [-0.15, -0.1) is 0 Å². The molecule has 2 aliphatic rings. The molecule has 8 aromatic rings. The minimum atomic E-state index is -0.972. The zero-order valence-electron chi connectivity index (χ0n) is 40.1. The number of carboxylic acids is 1. The molecule has 2 atom stereocenters. The highest BCUT2D eigenvalue weighted by molar-refractivity contribution is 5.91. The standard InChI is InChI=1S/C27H30N6O2.C26H28N6O2/c1-27(2,3)20-11-13-32(17-20)24-10-6-9-23(30-24)29-22-16-21(31-33-14-12-28-25(22)33)18-7-5-8-19(15-18)26(34)35-4;1-26(2,3)19-10-12-31(16-19)23-9-5-8-22(29-23)28-21-15-20(30-32-13-11-27-24(21)32)17-6-4-7-18(14-17)25(33)34/h5-10,12,14-16,20H,11,13,17H2,1-4H3,(H,29,30);4-9,11,13-15,19H,10,12,16H2,1-3H3,(H,28,29)(H,33,34). The zero-order valence-corrected chi connectivity index (χ0v) is 40.1. The van der Waals surface area contributed by atoms with E-state index in [0.29, 0.717) is 45.6 Å². The van der Waals surface area contributed by atoms with E-state index in [9.17, 15) is 14.7 Å². The summed E-state index contributed by atoms with van der Waals surface area (Å²) >= 11 is 0. The van der Waals surface area contributed by atoms with Gasteiger partial charge in [-0.2, -0.15) is 10.2 Å². The monoisotopic (exact) mass is 926 g/mol. The first-order valence-electron chi connectivity index (χ1n) is 23.3. The van der Waals surface area contributed by atoms with Gasteiger partial charge in [0.05, 0.1) is 41.0 Å². The lowest BCUT2D eigenvalue weighted by molar-refractivity contribution is 0.0599. The fraction of sp³-hybridized carbons (Fsp3) is 0.321. The average molecular weight is 927 g/mol. The summed E-state index contributed by atoms with van der Waals surface area (Å²) in [6.07, 6.45) is 9.31. The fourth-order valence-electron chi connectivity index (χ4n) is 9.00. The molecule has 2 aromatic carbocycles. The average Bonchev–Trinajstić information content (AvgIpc) is 4.19. The number of rotatable bonds is 10. The Kier molecular flexibility index (Phi) is 12.7. The van der Waals surface area contributed by atoms with Gasteiger partial charge in [0, 0.05) is 62.1 Å². The number of nitrogens with zero attached hydrogens (tertiary/aromatic N) is 10. The molecule has 0 radical (unpaired) electrons. The number of aromatic nitrogens is 8. The Morgan fingerprint density at radius 2 is 1.07 bits per heavy atom. The molecule has 0 bridgehead atoms. The fourth-order valence-corrected chi connectivity index (χ4v) is 9.00. The van der Waals surface area contributed by atoms with Crippen molar-refractivity contribution in [2.24, 2.45) is 22.7 Å². The Bertz CT molecular complexity index is 3150. The maximum atomic E-state index is 12.0. The maximum Gasteiger partial charge on any atom is 0.337 e. The highest BCUT2D eigenvalue weighted by Gasteiger charge is 2.33. The van der Waals surface area contributed by atoms with Crippen molar-refractivity contribution in [2.45, 2.75) is 54.4 Å². The lowest BCUT2D eigenvalue weighted by Crippen LogP contribution is -2.26. The Labute approximate surface area is 401 Å². The number of imidazole rings is 2. The van der Waals surface area contributed by atoms with E-state index in [4.69, 9.17) is 14.7 Å². The minimum absolute atomic E-state index is 0.216. The number of aromatic carboxylic acids is 1. The predicted octanol–water partition coefficient (Wildman–Crippen LogP) is 10.3. The molecule has 3 N–H and O–H groups in total. The number of benzene rings is 2. The van der Waals surface area contributed by atoms with Gasteiger partial charge in [0.2, 0.25) is 0 Å². The highest BCUT2D eigenvalue weighted by Crippen LogP contribution is 2.37. The van der Waals surface area contributed by atoms with Crippen LogP contribution < -0.4 is 20.4 Å². The summed E-state index contributed by atoms with van der Waals surface area (Å²) in [5, 5.41) is 25.5. The zero-order chi connectivity index (χ0) is 48.5. The van der Waals surface area contributed by atoms with Crippen LogP contribution in [0.2, 0.25) is 0 Å². The van der Waals surface area contributed by atoms with E-state index in [1.807, 2.05) is 54.6 Å². The molecule has 69 heavy (non-hydrogen) atoms. The summed E-state index contributed by atoms with van der Waals surface area (Å²) in [5.41, 5.74) is 7.00. The third-order valence-corrected chi connectivity index (χ3v) is 13.2. The molecule has 0 amide bonds. The predicted molar refractivity (Wildman–Crippen MR) is 270 cm³/mol. The van der Waals surface area contributed by atoms with Crippen LogP contribution in [0.1, 0.15) is 75.1 Å². The molecule has 16 heteroatoms. The summed E-state index contributed by atoms with van der Waals surface area (Å²) < 4.78 is 8.27. The van der Waals surface area contributed by atoms with Crippen LogP contribution in [0.5, 0.6) is 0 Å². The number of nitrogens with one attached hydrogen (secondary N) is 2. The van der Waals surface area contributed by atoms with Gasteiger partial charge in [0.1, 0.15) is 23.3 Å². The maximum absolute atomic E-state index is 12.0. The topological polar surface area (TPSA) is 180 Å². The molecular weight excluding hydrogens is 869 g/mol. The molecule has 0 saturated carbocycles. The lowest BCUT2D eigenvalue weighted by atomic mass is 9.80. The number of fused-ring (bicyclic) bond motifs is 2. The van der Waals surface area contributed by atoms with Crippen LogP contribution in [0.3, 0.4) is 0 Å². The van der Waals surface area contributed by atoms with Crippen molar-refractivity contribution in [1.29, 1.82) is 0 Å². The molecule has 8 heterocycles. The number of pyridine rings is 2. The lowest BCUT2D eigenvalue weighted by Gasteiger charge is -2.27. The largest absolute Gasteiger partial charge is 0.478 e. The van der Waals surface area contributed by atoms with Crippen LogP contribution in [0.4, 0.5) is 34.6 Å². The van der Waals surface area contributed by atoms with Crippen LogP contribution >= 0.6 is 0 Å². The number of carbonyl (C=O) groups is 2. The summed E-state index contributed by atoms with van der Waals surface area (Å²) in [6.45, 7) is 17.9. The SMILES string of the molecule is CC(C)(C)C1CCN(c2cccc(Nc3cc(-c4cccc(C(=O)O)c4)nn4ccnc34)n2)C1.COC(=O)c1cccc(-c2cc(Nc3cccc(N4CCC(C(C)(C)C)C4)n3)c3nccn3n2)c1. The normalized spacial score (nSPS) is 16.1. The molecule has 6 aromatic heterocycles. The molecule has 2 unspecified atom stereocenters. The number of carboxylic acid groups (broad SMARTS) is 1. The van der Waals surface area contributed by atoms with Gasteiger partial charge in [-0.05, 0) is 96.2 Å². The Hall–Kier alpha value is -7.88. The summed E-state index contributed by atoms with van der Waals surface area (Å²) in [4.78, 5) is 46.8. The van der Waals surface area contributed by atoms with E-state index in [1.165, 1.54) is 20.0 Å². The summed E-state index contributed by atoms with van der Waals surface area (Å²) in [6, 6.07) is 29.8. The van der Waals surface area contributed by atoms with Crippen LogP contribution in [0.25, 0.3) is 33.8 Å². The smallest absolute Gasteiger partial charge is 0.337 e. The second-order valence-electron chi connectivity index (χ2n) is 19.8. The number of hydrogen-bond acceptors (Lipinski definition) is 13. The highest BCUT2D eigenvalue weighted by atomic mass is 16.5. The number of methoxy groups -OCH3 is 1. The second kappa shape index (κ2) is 19.0. The Balaban J connectivity index is 0.000000172. The minimum Gasteiger partial charge on any atom is -0.478 e. The van der Waals surface area contributed by atoms with Gasteiger partial charge in [0.25, 0.3) is 0 Å². The number of ether oxygens (including phenoxy) is 1. The van der Waals surface area contributed by atoms with Crippen molar-refractivity contribution in [3.63, 3.8) is 0 Å². The van der Waals surface area contributed by atoms with Crippen LogP contribution in [-0.2, 0) is 4.74 Å². The number of anilines is 6. The van der Waals surface area contributed by atoms with Gasteiger partial charge in [-0.1, -0.05) is 77.9 Å². The van der Waals surface area contributed by atoms with Gasteiger partial charge >= 0.3 is 11.9 Å². The first kappa shape index (κ1) is 46.2. The van der Waals surface area contributed by atoms with Crippen molar-refractivity contribution in [1.82, 2.24) is 39.2 Å². The molecule has 0 aliphatic carbocycles. The molecule has 16 nitrogen and oxygen atoms in total. The van der Waals surface area contributed by atoms with Gasteiger partial charge in [0.15, 0.2) is 11.3 Å². The molecule has 10 rings (SSSR count). The van der Waals surface area contributed by atoms with Crippen LogP contribution in [-0.4, -0.2) is 89.5 Å². The van der Waals surface area contributed by atoms with Gasteiger partial charge in [-0.25, -0.2) is 38.6 Å². The van der Waals surface area contributed by atoms with Crippen molar-refractivity contribution in [2.75, 3.05) is 53.7 Å². The quantitative estimate of drug-likeness (QED) is 0.110. The van der Waals surface area contributed by atoms with Crippen molar-refractivity contribution >= 4 is 57.9 Å². The van der Waals surface area contributed by atoms with Crippen LogP contribution in [0, 0.1) is 22.7 Å². The van der Waals surface area contributed by atoms with E-state index >= 15 is 0 Å². The third-order valence-electron chi connectivity index (χ3n) is 13.2. The summed E-state index contributed by atoms with van der Waals surface area (Å²) in [7, 11) is 1.37. The second-order valence-corrected chi connectivity index (χ2v) is 19.8. The van der Waals surface area contributed by atoms with Crippen molar-refractivity contribution in [3.05, 3.63) is 133 Å². The molecular formula is C53H58N12O4. The van der Waals surface area contributed by atoms with Gasteiger partial charge in [-0.3, -0.25) is 0 Å². The van der Waals surface area contributed by atoms with E-state index < -0.39 is 5.97 Å². The Morgan fingerprint density at radius 3 is 1.51 bits per heavy atom. The van der Waals surface area contributed by atoms with E-state index in [2.05, 4.69) is 94.3 Å². The first-order valence-corrected chi connectivity index (χ1v) is 23.3. The molecule has 354 valence electrons. The molecule has 2 aliphatic heterocycles. The molecule has 2 fully saturated rings. The Morgan fingerprint density at radius 1 is 0.623 bits per heavy atom.